The van der Waals surface area contributed by atoms with Crippen LogP contribution in [0.15, 0.2) is 71.6 Å². The molecule has 3 aromatic carbocycles. The fourth-order valence-electron chi connectivity index (χ4n) is 3.62. The van der Waals surface area contributed by atoms with Crippen LogP contribution in [0.3, 0.4) is 0 Å². The van der Waals surface area contributed by atoms with Gasteiger partial charge in [0, 0.05) is 10.7 Å². The van der Waals surface area contributed by atoms with Crippen molar-refractivity contribution in [3.8, 4) is 0 Å². The normalized spacial score (nSPS) is 12.6. The molecule has 3 rings (SSSR count). The molecule has 0 saturated carbocycles. The predicted octanol–water partition coefficient (Wildman–Crippen LogP) is 4.55. The minimum absolute atomic E-state index is 0.0171. The van der Waals surface area contributed by atoms with E-state index in [9.17, 15) is 21.6 Å². The van der Waals surface area contributed by atoms with Gasteiger partial charge < -0.3 is 5.32 Å². The molecule has 1 atom stereocenters. The maximum absolute atomic E-state index is 12.9. The molecule has 1 amide bonds. The second-order valence-corrected chi connectivity index (χ2v) is 12.2. The highest BCUT2D eigenvalue weighted by molar-refractivity contribution is 7.92. The van der Waals surface area contributed by atoms with Crippen molar-refractivity contribution in [2.45, 2.75) is 31.7 Å². The number of sulfonamides is 2. The largest absolute Gasteiger partial charge is 0.324 e. The topological polar surface area (TPSA) is 113 Å². The summed E-state index contributed by atoms with van der Waals surface area (Å²) in [6.45, 7) is 5.18. The first-order valence-electron chi connectivity index (χ1n) is 10.5. The molecule has 0 aliphatic rings. The molecule has 0 heterocycles. The second kappa shape index (κ2) is 10.3. The summed E-state index contributed by atoms with van der Waals surface area (Å²) in [5.41, 5.74) is 2.75. The van der Waals surface area contributed by atoms with Gasteiger partial charge in [-0.2, -0.15) is 0 Å². The molecule has 0 spiro atoms. The van der Waals surface area contributed by atoms with E-state index in [0.29, 0.717) is 22.1 Å². The summed E-state index contributed by atoms with van der Waals surface area (Å²) < 4.78 is 53.9. The summed E-state index contributed by atoms with van der Waals surface area (Å²) in [6.07, 6.45) is 1.04. The standard InChI is InChI=1S/C24H26ClN3O5S2/c1-16-12-17(2)14-22(13-16)28(34(4,30)31)18(3)24(29)26-20-8-10-23(11-9-20)35(32,33)27-21-7-5-6-19(25)15-21/h5-15,18,27H,1-4H3,(H,26,29)/t18-/m0/s1. The number of hydrogen-bond acceptors (Lipinski definition) is 5. The molecule has 2 N–H and O–H groups in total. The zero-order chi connectivity index (χ0) is 26.0. The van der Waals surface area contributed by atoms with Crippen molar-refractivity contribution in [2.24, 2.45) is 0 Å². The number of aryl methyl sites for hydroxylation is 2. The van der Waals surface area contributed by atoms with Crippen molar-refractivity contribution in [2.75, 3.05) is 20.6 Å². The molecule has 0 bridgehead atoms. The number of carbonyl (C=O) groups is 1. The van der Waals surface area contributed by atoms with Crippen molar-refractivity contribution < 1.29 is 21.6 Å². The molecule has 0 aliphatic carbocycles. The summed E-state index contributed by atoms with van der Waals surface area (Å²) in [7, 11) is -7.65. The summed E-state index contributed by atoms with van der Waals surface area (Å²) in [6, 6.07) is 16.1. The lowest BCUT2D eigenvalue weighted by Crippen LogP contribution is -2.45. The van der Waals surface area contributed by atoms with Crippen LogP contribution in [0.25, 0.3) is 0 Å². The van der Waals surface area contributed by atoms with Crippen molar-refractivity contribution in [1.29, 1.82) is 0 Å². The van der Waals surface area contributed by atoms with E-state index in [2.05, 4.69) is 10.0 Å². The van der Waals surface area contributed by atoms with E-state index in [4.69, 9.17) is 11.6 Å². The summed E-state index contributed by atoms with van der Waals surface area (Å²) in [5, 5.41) is 3.04. The lowest BCUT2D eigenvalue weighted by atomic mass is 10.1. The van der Waals surface area contributed by atoms with Gasteiger partial charge in [-0.25, -0.2) is 16.8 Å². The van der Waals surface area contributed by atoms with Gasteiger partial charge in [0.25, 0.3) is 10.0 Å². The van der Waals surface area contributed by atoms with Gasteiger partial charge in [-0.15, -0.1) is 0 Å². The van der Waals surface area contributed by atoms with Gasteiger partial charge in [-0.05, 0) is 86.5 Å². The average molecular weight is 536 g/mol. The Hall–Kier alpha value is -3.08. The van der Waals surface area contributed by atoms with Crippen LogP contribution >= 0.6 is 11.6 Å². The first-order valence-corrected chi connectivity index (χ1v) is 14.2. The highest BCUT2D eigenvalue weighted by Crippen LogP contribution is 2.25. The minimum Gasteiger partial charge on any atom is -0.324 e. The molecule has 0 aliphatic heterocycles. The number of halogens is 1. The average Bonchev–Trinajstić information content (AvgIpc) is 2.72. The Bertz CT molecular complexity index is 1440. The molecular formula is C24H26ClN3O5S2. The monoisotopic (exact) mass is 535 g/mol. The van der Waals surface area contributed by atoms with Crippen LogP contribution in [0.2, 0.25) is 5.02 Å². The van der Waals surface area contributed by atoms with Crippen LogP contribution in [0.4, 0.5) is 17.1 Å². The van der Waals surface area contributed by atoms with E-state index in [1.54, 1.807) is 30.3 Å². The van der Waals surface area contributed by atoms with E-state index in [-0.39, 0.29) is 4.90 Å². The van der Waals surface area contributed by atoms with Gasteiger partial charge in [0.15, 0.2) is 0 Å². The van der Waals surface area contributed by atoms with Crippen molar-refractivity contribution >= 4 is 54.6 Å². The van der Waals surface area contributed by atoms with Gasteiger partial charge in [0.1, 0.15) is 6.04 Å². The number of nitrogens with zero attached hydrogens (tertiary/aromatic N) is 1. The number of amides is 1. The van der Waals surface area contributed by atoms with Crippen LogP contribution in [0.5, 0.6) is 0 Å². The van der Waals surface area contributed by atoms with Crippen LogP contribution < -0.4 is 14.3 Å². The van der Waals surface area contributed by atoms with Gasteiger partial charge in [0.05, 0.1) is 22.5 Å². The molecule has 0 saturated heterocycles. The van der Waals surface area contributed by atoms with E-state index in [1.807, 2.05) is 19.9 Å². The Balaban J connectivity index is 1.78. The van der Waals surface area contributed by atoms with Gasteiger partial charge in [-0.1, -0.05) is 23.7 Å². The minimum atomic E-state index is -3.88. The Kier molecular flexibility index (Phi) is 7.78. The van der Waals surface area contributed by atoms with Crippen LogP contribution in [-0.4, -0.2) is 35.0 Å². The third kappa shape index (κ3) is 6.74. The molecule has 0 fully saturated rings. The Morgan fingerprint density at radius 1 is 0.886 bits per heavy atom. The first kappa shape index (κ1) is 26.5. The maximum Gasteiger partial charge on any atom is 0.261 e. The number of carbonyl (C=O) groups excluding carboxylic acids is 1. The molecule has 0 aromatic heterocycles. The molecule has 0 unspecified atom stereocenters. The summed E-state index contributed by atoms with van der Waals surface area (Å²) >= 11 is 5.90. The second-order valence-electron chi connectivity index (χ2n) is 8.21. The lowest BCUT2D eigenvalue weighted by molar-refractivity contribution is -0.116. The van der Waals surface area contributed by atoms with E-state index in [1.165, 1.54) is 37.3 Å². The Morgan fingerprint density at radius 2 is 1.49 bits per heavy atom. The predicted molar refractivity (Wildman–Crippen MR) is 140 cm³/mol. The molecular weight excluding hydrogens is 510 g/mol. The Labute approximate surface area is 211 Å². The van der Waals surface area contributed by atoms with Gasteiger partial charge in [0.2, 0.25) is 15.9 Å². The van der Waals surface area contributed by atoms with Crippen LogP contribution in [0.1, 0.15) is 18.1 Å². The summed E-state index contributed by atoms with van der Waals surface area (Å²) in [5.74, 6) is -0.567. The van der Waals surface area contributed by atoms with Crippen LogP contribution in [0, 0.1) is 13.8 Å². The van der Waals surface area contributed by atoms with E-state index >= 15 is 0 Å². The zero-order valence-corrected chi connectivity index (χ0v) is 22.0. The molecule has 35 heavy (non-hydrogen) atoms. The van der Waals surface area contributed by atoms with Crippen molar-refractivity contribution in [3.63, 3.8) is 0 Å². The SMILES string of the molecule is Cc1cc(C)cc(N([C@@H](C)C(=O)Nc2ccc(S(=O)(=O)Nc3cccc(Cl)c3)cc2)S(C)(=O)=O)c1. The quantitative estimate of drug-likeness (QED) is 0.439. The number of nitrogens with one attached hydrogen (secondary N) is 2. The number of benzene rings is 3. The molecule has 11 heteroatoms. The maximum atomic E-state index is 12.9. The smallest absolute Gasteiger partial charge is 0.261 e. The number of anilines is 3. The molecule has 0 radical (unpaired) electrons. The first-order chi connectivity index (χ1) is 16.3. The highest BCUT2D eigenvalue weighted by atomic mass is 35.5. The fraction of sp³-hybridized carbons (Fsp3) is 0.208. The van der Waals surface area contributed by atoms with Gasteiger partial charge in [-0.3, -0.25) is 13.8 Å². The summed E-state index contributed by atoms with van der Waals surface area (Å²) in [4.78, 5) is 12.9. The third-order valence-corrected chi connectivity index (χ3v) is 7.93. The zero-order valence-electron chi connectivity index (χ0n) is 19.6. The number of rotatable bonds is 8. The number of hydrogen-bond donors (Lipinski definition) is 2. The molecule has 3 aromatic rings. The van der Waals surface area contributed by atoms with Crippen molar-refractivity contribution in [1.82, 2.24) is 0 Å². The third-order valence-electron chi connectivity index (χ3n) is 5.06. The molecule has 186 valence electrons. The van der Waals surface area contributed by atoms with E-state index < -0.39 is 32.0 Å². The fourth-order valence-corrected chi connectivity index (χ4v) is 6.02. The van der Waals surface area contributed by atoms with E-state index in [0.717, 1.165) is 21.7 Å². The van der Waals surface area contributed by atoms with Crippen LogP contribution in [-0.2, 0) is 24.8 Å². The molecule has 8 nitrogen and oxygen atoms in total. The Morgan fingerprint density at radius 3 is 2.03 bits per heavy atom. The highest BCUT2D eigenvalue weighted by Gasteiger charge is 2.29. The van der Waals surface area contributed by atoms with Gasteiger partial charge >= 0.3 is 0 Å². The lowest BCUT2D eigenvalue weighted by Gasteiger charge is -2.28. The van der Waals surface area contributed by atoms with Crippen molar-refractivity contribution in [3.05, 3.63) is 82.9 Å².